The first-order valence-corrected chi connectivity index (χ1v) is 9.51. The molecule has 3 atom stereocenters. The van der Waals surface area contributed by atoms with Crippen LogP contribution in [0.5, 0.6) is 5.75 Å². The highest BCUT2D eigenvalue weighted by molar-refractivity contribution is 5.82. The maximum Gasteiger partial charge on any atom is 0.174 e. The lowest BCUT2D eigenvalue weighted by molar-refractivity contribution is -0.233. The average Bonchev–Trinajstić information content (AvgIpc) is 3.22. The Morgan fingerprint density at radius 2 is 2.04 bits per heavy atom. The smallest absolute Gasteiger partial charge is 0.174 e. The third-order valence-electron chi connectivity index (χ3n) is 6.89. The third-order valence-corrected chi connectivity index (χ3v) is 6.89. The number of ether oxygens (including phenoxy) is 3. The van der Waals surface area contributed by atoms with E-state index in [0.29, 0.717) is 31.3 Å². The van der Waals surface area contributed by atoms with Crippen LogP contribution in [0.2, 0.25) is 0 Å². The lowest BCUT2D eigenvalue weighted by Crippen LogP contribution is -2.51. The minimum Gasteiger partial charge on any atom is -0.497 e. The molecule has 0 unspecified atom stereocenters. The number of carbonyl (C=O) groups excluding carboxylic acids is 1. The summed E-state index contributed by atoms with van der Waals surface area (Å²) in [6.45, 7) is 3.66. The molecular weight excluding hydrogens is 316 g/mol. The number of carbonyl (C=O) groups is 1. The number of aryl methyl sites for hydroxylation is 1. The van der Waals surface area contributed by atoms with Crippen molar-refractivity contribution in [2.75, 3.05) is 20.3 Å². The first kappa shape index (κ1) is 17.0. The molecule has 1 aromatic carbocycles. The van der Waals surface area contributed by atoms with Crippen LogP contribution in [-0.4, -0.2) is 31.9 Å². The van der Waals surface area contributed by atoms with E-state index in [4.69, 9.17) is 14.2 Å². The summed E-state index contributed by atoms with van der Waals surface area (Å²) in [6.07, 6.45) is 5.33. The molecule has 2 aliphatic carbocycles. The van der Waals surface area contributed by atoms with Gasteiger partial charge in [-0.3, -0.25) is 4.79 Å². The van der Waals surface area contributed by atoms with Crippen LogP contribution in [0.25, 0.3) is 0 Å². The van der Waals surface area contributed by atoms with Gasteiger partial charge in [-0.05, 0) is 49.3 Å². The van der Waals surface area contributed by atoms with Crippen molar-refractivity contribution in [2.45, 2.75) is 51.2 Å². The molecule has 4 rings (SSSR count). The van der Waals surface area contributed by atoms with E-state index in [2.05, 4.69) is 19.1 Å². The zero-order valence-corrected chi connectivity index (χ0v) is 15.3. The Hall–Kier alpha value is -1.39. The van der Waals surface area contributed by atoms with Crippen LogP contribution in [0.4, 0.5) is 0 Å². The van der Waals surface area contributed by atoms with Crippen molar-refractivity contribution in [3.63, 3.8) is 0 Å². The molecule has 1 saturated heterocycles. The Bertz CT molecular complexity index is 649. The molecule has 3 aliphatic rings. The van der Waals surface area contributed by atoms with Gasteiger partial charge in [0.1, 0.15) is 11.5 Å². The van der Waals surface area contributed by atoms with Gasteiger partial charge in [0.05, 0.1) is 20.3 Å². The average molecular weight is 344 g/mol. The highest BCUT2D eigenvalue weighted by Crippen LogP contribution is 2.62. The number of hydrogen-bond acceptors (Lipinski definition) is 4. The molecule has 25 heavy (non-hydrogen) atoms. The summed E-state index contributed by atoms with van der Waals surface area (Å²) in [7, 11) is 1.69. The Kier molecular flexibility index (Phi) is 4.37. The topological polar surface area (TPSA) is 44.8 Å². The molecule has 0 amide bonds. The van der Waals surface area contributed by atoms with E-state index in [0.717, 1.165) is 37.9 Å². The summed E-state index contributed by atoms with van der Waals surface area (Å²) < 4.78 is 17.5. The molecule has 2 saturated carbocycles. The van der Waals surface area contributed by atoms with Gasteiger partial charge < -0.3 is 14.2 Å². The minimum absolute atomic E-state index is 0.0313. The van der Waals surface area contributed by atoms with Crippen molar-refractivity contribution < 1.29 is 19.0 Å². The maximum absolute atomic E-state index is 12.7. The Morgan fingerprint density at radius 1 is 1.24 bits per heavy atom. The summed E-state index contributed by atoms with van der Waals surface area (Å²) in [5.74, 6) is 1.37. The second-order valence-electron chi connectivity index (χ2n) is 7.98. The molecule has 0 radical (unpaired) electrons. The van der Waals surface area contributed by atoms with Crippen molar-refractivity contribution in [2.24, 2.45) is 17.3 Å². The summed E-state index contributed by atoms with van der Waals surface area (Å²) >= 11 is 0. The van der Waals surface area contributed by atoms with Crippen LogP contribution in [-0.2, 0) is 20.7 Å². The van der Waals surface area contributed by atoms with Gasteiger partial charge in [-0.15, -0.1) is 0 Å². The van der Waals surface area contributed by atoms with E-state index in [1.807, 2.05) is 12.1 Å². The van der Waals surface area contributed by atoms with Crippen molar-refractivity contribution in [3.05, 3.63) is 29.8 Å². The zero-order chi connectivity index (χ0) is 17.5. The predicted octanol–water partition coefficient (Wildman–Crippen LogP) is 3.77. The van der Waals surface area contributed by atoms with Gasteiger partial charge in [0.25, 0.3) is 0 Å². The predicted molar refractivity (Wildman–Crippen MR) is 94.5 cm³/mol. The van der Waals surface area contributed by atoms with Crippen LogP contribution in [0.3, 0.4) is 0 Å². The van der Waals surface area contributed by atoms with E-state index in [1.165, 1.54) is 5.56 Å². The first-order valence-electron chi connectivity index (χ1n) is 9.51. The normalized spacial score (nSPS) is 33.6. The summed E-state index contributed by atoms with van der Waals surface area (Å²) in [4.78, 5) is 12.7. The van der Waals surface area contributed by atoms with Crippen molar-refractivity contribution in [1.82, 2.24) is 0 Å². The number of hydrogen-bond donors (Lipinski definition) is 0. The highest BCUT2D eigenvalue weighted by Gasteiger charge is 2.64. The standard InChI is InChI=1S/C21H28O4/c1-20-10-9-19(22)17(7-6-15-4-3-5-16(14-15)23-2)18(20)8-11-21(20)24-12-13-25-21/h3-5,14,17-18H,6-13H2,1-2H3/t17-,18-,20-/m0/s1. The van der Waals surface area contributed by atoms with Gasteiger partial charge in [0.15, 0.2) is 5.79 Å². The van der Waals surface area contributed by atoms with E-state index in [1.54, 1.807) is 7.11 Å². The van der Waals surface area contributed by atoms with Gasteiger partial charge in [-0.2, -0.15) is 0 Å². The number of fused-ring (bicyclic) bond motifs is 2. The molecule has 1 spiro atoms. The lowest BCUT2D eigenvalue weighted by Gasteiger charge is -2.47. The van der Waals surface area contributed by atoms with Crippen molar-refractivity contribution in [1.29, 1.82) is 0 Å². The number of benzene rings is 1. The Morgan fingerprint density at radius 3 is 2.80 bits per heavy atom. The molecule has 4 nitrogen and oxygen atoms in total. The lowest BCUT2D eigenvalue weighted by atomic mass is 9.61. The van der Waals surface area contributed by atoms with E-state index < -0.39 is 5.79 Å². The molecule has 1 heterocycles. The number of Topliss-reactive ketones (excluding diaryl/α,β-unsaturated/α-hetero) is 1. The van der Waals surface area contributed by atoms with Crippen LogP contribution in [0, 0.1) is 17.3 Å². The van der Waals surface area contributed by atoms with E-state index in [9.17, 15) is 4.79 Å². The van der Waals surface area contributed by atoms with Crippen molar-refractivity contribution in [3.8, 4) is 5.75 Å². The SMILES string of the molecule is COc1cccc(CC[C@@H]2C(=O)CC[C@@]3(C)[C@H]2CCC32OCCO2)c1. The fourth-order valence-corrected chi connectivity index (χ4v) is 5.49. The highest BCUT2D eigenvalue weighted by atomic mass is 16.7. The molecule has 1 aromatic rings. The molecule has 1 aliphatic heterocycles. The van der Waals surface area contributed by atoms with Gasteiger partial charge in [-0.1, -0.05) is 19.1 Å². The second-order valence-corrected chi connectivity index (χ2v) is 7.98. The van der Waals surface area contributed by atoms with E-state index in [-0.39, 0.29) is 11.3 Å². The first-order chi connectivity index (χ1) is 12.1. The zero-order valence-electron chi connectivity index (χ0n) is 15.3. The maximum atomic E-state index is 12.7. The molecule has 136 valence electrons. The van der Waals surface area contributed by atoms with Crippen LogP contribution < -0.4 is 4.74 Å². The second kappa shape index (κ2) is 6.40. The fraction of sp³-hybridized carbons (Fsp3) is 0.667. The van der Waals surface area contributed by atoms with Crippen LogP contribution in [0.15, 0.2) is 24.3 Å². The van der Waals surface area contributed by atoms with Crippen LogP contribution >= 0.6 is 0 Å². The van der Waals surface area contributed by atoms with Gasteiger partial charge in [0, 0.05) is 24.2 Å². The monoisotopic (exact) mass is 344 g/mol. The molecular formula is C21H28O4. The molecule has 0 bridgehead atoms. The molecule has 3 fully saturated rings. The Labute approximate surface area is 149 Å². The van der Waals surface area contributed by atoms with E-state index >= 15 is 0 Å². The number of rotatable bonds is 4. The quantitative estimate of drug-likeness (QED) is 0.834. The van der Waals surface area contributed by atoms with Crippen LogP contribution in [0.1, 0.15) is 44.6 Å². The summed E-state index contributed by atoms with van der Waals surface area (Å²) in [5, 5.41) is 0. The van der Waals surface area contributed by atoms with Gasteiger partial charge in [-0.25, -0.2) is 0 Å². The Balaban J connectivity index is 1.51. The van der Waals surface area contributed by atoms with Gasteiger partial charge in [0.2, 0.25) is 0 Å². The molecule has 4 heteroatoms. The minimum atomic E-state index is -0.438. The third kappa shape index (κ3) is 2.70. The molecule has 0 aromatic heterocycles. The molecule has 0 N–H and O–H groups in total. The summed E-state index contributed by atoms with van der Waals surface area (Å²) in [5.41, 5.74) is 1.21. The number of ketones is 1. The largest absolute Gasteiger partial charge is 0.497 e. The van der Waals surface area contributed by atoms with Crippen molar-refractivity contribution >= 4 is 5.78 Å². The fourth-order valence-electron chi connectivity index (χ4n) is 5.49. The van der Waals surface area contributed by atoms with Gasteiger partial charge >= 0.3 is 0 Å². The number of methoxy groups -OCH3 is 1. The summed E-state index contributed by atoms with van der Waals surface area (Å²) in [6, 6.07) is 8.17.